The van der Waals surface area contributed by atoms with E-state index >= 15 is 0 Å². The maximum atomic E-state index is 12.4. The van der Waals surface area contributed by atoms with Gasteiger partial charge in [0, 0.05) is 18.6 Å². The summed E-state index contributed by atoms with van der Waals surface area (Å²) in [5, 5.41) is 9.36. The maximum absolute atomic E-state index is 12.4. The molecule has 0 spiro atoms. The molecular weight excluding hydrogens is 266 g/mol. The van der Waals surface area contributed by atoms with E-state index in [2.05, 4.69) is 6.07 Å². The minimum Gasteiger partial charge on any atom is -0.496 e. The first kappa shape index (κ1) is 15.5. The second kappa shape index (κ2) is 7.24. The molecule has 21 heavy (non-hydrogen) atoms. The van der Waals surface area contributed by atoms with Gasteiger partial charge in [-0.25, -0.2) is 0 Å². The first-order valence-corrected chi connectivity index (χ1v) is 7.36. The molecule has 0 bridgehead atoms. The molecule has 1 atom stereocenters. The molecule has 4 heteroatoms. The van der Waals surface area contributed by atoms with E-state index in [4.69, 9.17) is 9.47 Å². The van der Waals surface area contributed by atoms with Gasteiger partial charge in [-0.2, -0.15) is 5.26 Å². The van der Waals surface area contributed by atoms with Gasteiger partial charge >= 0.3 is 0 Å². The lowest BCUT2D eigenvalue weighted by Crippen LogP contribution is -2.33. The lowest BCUT2D eigenvalue weighted by atomic mass is 9.77. The van der Waals surface area contributed by atoms with Gasteiger partial charge in [-0.15, -0.1) is 0 Å². The lowest BCUT2D eigenvalue weighted by molar-refractivity contribution is -0.122. The Morgan fingerprint density at radius 1 is 1.43 bits per heavy atom. The Bertz CT molecular complexity index is 529. The molecule has 4 nitrogen and oxygen atoms in total. The zero-order valence-electron chi connectivity index (χ0n) is 12.5. The number of hydrogen-bond donors (Lipinski definition) is 0. The number of nitriles is 1. The molecular formula is C17H21NO3. The number of ether oxygens (including phenoxy) is 2. The summed E-state index contributed by atoms with van der Waals surface area (Å²) >= 11 is 0. The molecule has 1 aliphatic carbocycles. The molecule has 0 aliphatic heterocycles. The molecule has 2 rings (SSSR count). The SMILES string of the molecule is CCOC1CC(CC(=O)C(C#N)c2ccccc2OC)C1. The number of para-hydroxylation sites is 1. The van der Waals surface area contributed by atoms with Gasteiger partial charge in [0.2, 0.25) is 0 Å². The number of ketones is 1. The molecule has 112 valence electrons. The summed E-state index contributed by atoms with van der Waals surface area (Å²) < 4.78 is 10.8. The standard InChI is InChI=1S/C17H21NO3/c1-3-21-13-8-12(9-13)10-16(19)15(11-18)14-6-4-5-7-17(14)20-2/h4-7,12-13,15H,3,8-10H2,1-2H3. The van der Waals surface area contributed by atoms with E-state index in [1.165, 1.54) is 0 Å². The molecule has 0 N–H and O–H groups in total. The van der Waals surface area contributed by atoms with E-state index in [1.807, 2.05) is 19.1 Å². The third kappa shape index (κ3) is 3.62. The van der Waals surface area contributed by atoms with Crippen LogP contribution in [0.1, 0.15) is 37.7 Å². The third-order valence-electron chi connectivity index (χ3n) is 3.99. The number of carbonyl (C=O) groups excluding carboxylic acids is 1. The van der Waals surface area contributed by atoms with Crippen LogP contribution in [0.3, 0.4) is 0 Å². The highest BCUT2D eigenvalue weighted by molar-refractivity contribution is 5.89. The fourth-order valence-corrected chi connectivity index (χ4v) is 2.84. The van der Waals surface area contributed by atoms with Crippen LogP contribution < -0.4 is 4.74 Å². The molecule has 1 unspecified atom stereocenters. The van der Waals surface area contributed by atoms with Gasteiger partial charge in [-0.3, -0.25) is 4.79 Å². The first-order valence-electron chi connectivity index (χ1n) is 7.36. The summed E-state index contributed by atoms with van der Waals surface area (Å²) in [4.78, 5) is 12.4. The molecule has 1 saturated carbocycles. The van der Waals surface area contributed by atoms with Crippen LogP contribution in [-0.4, -0.2) is 25.6 Å². The van der Waals surface area contributed by atoms with Crippen molar-refractivity contribution in [1.82, 2.24) is 0 Å². The predicted molar refractivity (Wildman–Crippen MR) is 79.1 cm³/mol. The fourth-order valence-electron chi connectivity index (χ4n) is 2.84. The van der Waals surface area contributed by atoms with Crippen molar-refractivity contribution in [3.8, 4) is 11.8 Å². The van der Waals surface area contributed by atoms with Gasteiger partial charge in [0.1, 0.15) is 11.7 Å². The highest BCUT2D eigenvalue weighted by Crippen LogP contribution is 2.35. The van der Waals surface area contributed by atoms with E-state index in [1.54, 1.807) is 19.2 Å². The average molecular weight is 287 g/mol. The maximum Gasteiger partial charge on any atom is 0.154 e. The molecule has 1 aromatic carbocycles. The Hall–Kier alpha value is -1.86. The normalized spacial score (nSPS) is 22.0. The molecule has 0 heterocycles. The zero-order valence-corrected chi connectivity index (χ0v) is 12.5. The van der Waals surface area contributed by atoms with Crippen molar-refractivity contribution in [2.75, 3.05) is 13.7 Å². The van der Waals surface area contributed by atoms with Crippen LogP contribution >= 0.6 is 0 Å². The van der Waals surface area contributed by atoms with Crippen molar-refractivity contribution in [3.05, 3.63) is 29.8 Å². The molecule has 0 amide bonds. The van der Waals surface area contributed by atoms with E-state index in [0.717, 1.165) is 12.8 Å². The number of nitrogens with zero attached hydrogens (tertiary/aromatic N) is 1. The fraction of sp³-hybridized carbons (Fsp3) is 0.529. The Morgan fingerprint density at radius 2 is 2.14 bits per heavy atom. The zero-order chi connectivity index (χ0) is 15.2. The molecule has 1 aliphatic rings. The Balaban J connectivity index is 1.99. The molecule has 1 fully saturated rings. The number of methoxy groups -OCH3 is 1. The molecule has 1 aromatic rings. The summed E-state index contributed by atoms with van der Waals surface area (Å²) in [5.74, 6) is 0.173. The molecule has 0 aromatic heterocycles. The monoisotopic (exact) mass is 287 g/mol. The van der Waals surface area contributed by atoms with Gasteiger partial charge in [0.05, 0.1) is 19.3 Å². The minimum absolute atomic E-state index is 0.0260. The van der Waals surface area contributed by atoms with Gasteiger partial charge in [-0.1, -0.05) is 18.2 Å². The summed E-state index contributed by atoms with van der Waals surface area (Å²) in [6, 6.07) is 9.34. The number of Topliss-reactive ketones (excluding diaryl/α,β-unsaturated/α-hetero) is 1. The molecule has 0 saturated heterocycles. The number of benzene rings is 1. The average Bonchev–Trinajstić information content (AvgIpc) is 2.46. The number of rotatable bonds is 7. The smallest absolute Gasteiger partial charge is 0.154 e. The Morgan fingerprint density at radius 3 is 2.76 bits per heavy atom. The summed E-state index contributed by atoms with van der Waals surface area (Å²) in [7, 11) is 1.55. The largest absolute Gasteiger partial charge is 0.496 e. The van der Waals surface area contributed by atoms with Crippen molar-refractivity contribution in [1.29, 1.82) is 5.26 Å². The van der Waals surface area contributed by atoms with Crippen molar-refractivity contribution in [2.24, 2.45) is 5.92 Å². The minimum atomic E-state index is -0.743. The van der Waals surface area contributed by atoms with E-state index in [-0.39, 0.29) is 5.78 Å². The van der Waals surface area contributed by atoms with Crippen LogP contribution in [-0.2, 0) is 9.53 Å². The Kier molecular flexibility index (Phi) is 5.35. The van der Waals surface area contributed by atoms with E-state index in [9.17, 15) is 10.1 Å². The van der Waals surface area contributed by atoms with E-state index in [0.29, 0.717) is 36.4 Å². The summed E-state index contributed by atoms with van der Waals surface area (Å²) in [5.41, 5.74) is 0.660. The molecule has 0 radical (unpaired) electrons. The second-order valence-corrected chi connectivity index (χ2v) is 5.39. The van der Waals surface area contributed by atoms with Crippen molar-refractivity contribution < 1.29 is 14.3 Å². The van der Waals surface area contributed by atoms with Crippen molar-refractivity contribution >= 4 is 5.78 Å². The van der Waals surface area contributed by atoms with Crippen LogP contribution in [0.2, 0.25) is 0 Å². The van der Waals surface area contributed by atoms with Gasteiger partial charge < -0.3 is 9.47 Å². The Labute approximate surface area is 125 Å². The van der Waals surface area contributed by atoms with Gasteiger partial charge in [0.15, 0.2) is 5.78 Å². The number of carbonyl (C=O) groups is 1. The lowest BCUT2D eigenvalue weighted by Gasteiger charge is -2.34. The predicted octanol–water partition coefficient (Wildman–Crippen LogP) is 3.08. The summed E-state index contributed by atoms with van der Waals surface area (Å²) in [6.45, 7) is 2.69. The van der Waals surface area contributed by atoms with Crippen LogP contribution in [0.4, 0.5) is 0 Å². The van der Waals surface area contributed by atoms with Crippen molar-refractivity contribution in [2.45, 2.75) is 38.2 Å². The number of hydrogen-bond acceptors (Lipinski definition) is 4. The van der Waals surface area contributed by atoms with Crippen LogP contribution in [0.25, 0.3) is 0 Å². The van der Waals surface area contributed by atoms with E-state index < -0.39 is 5.92 Å². The van der Waals surface area contributed by atoms with Crippen LogP contribution in [0.5, 0.6) is 5.75 Å². The second-order valence-electron chi connectivity index (χ2n) is 5.39. The quantitative estimate of drug-likeness (QED) is 0.773. The topological polar surface area (TPSA) is 59.3 Å². The third-order valence-corrected chi connectivity index (χ3v) is 3.99. The van der Waals surface area contributed by atoms with Gasteiger partial charge in [0.25, 0.3) is 0 Å². The van der Waals surface area contributed by atoms with Crippen LogP contribution in [0.15, 0.2) is 24.3 Å². The highest BCUT2D eigenvalue weighted by atomic mass is 16.5. The van der Waals surface area contributed by atoms with Crippen LogP contribution in [0, 0.1) is 17.2 Å². The first-order chi connectivity index (χ1) is 10.2. The van der Waals surface area contributed by atoms with Crippen molar-refractivity contribution in [3.63, 3.8) is 0 Å². The summed E-state index contributed by atoms with van der Waals surface area (Å²) in [6.07, 6.45) is 2.58. The van der Waals surface area contributed by atoms with Gasteiger partial charge in [-0.05, 0) is 31.7 Å². The highest BCUT2D eigenvalue weighted by Gasteiger charge is 2.34.